The molecule has 1 aliphatic heterocycles. The van der Waals surface area contributed by atoms with Gasteiger partial charge in [0.25, 0.3) is 5.91 Å². The molecule has 0 bridgehead atoms. The average molecular weight is 555 g/mol. The number of nitrogens with zero attached hydrogens (tertiary/aromatic N) is 1. The molecule has 5 rings (SSSR count). The number of carbonyl (C=O) groups excluding carboxylic acids is 2. The van der Waals surface area contributed by atoms with Crippen molar-refractivity contribution in [3.05, 3.63) is 94.0 Å². The molecule has 0 radical (unpaired) electrons. The third kappa shape index (κ3) is 5.47. The number of hydrazine groups is 1. The van der Waals surface area contributed by atoms with Crippen molar-refractivity contribution in [2.24, 2.45) is 0 Å². The van der Waals surface area contributed by atoms with Gasteiger partial charge in [0.05, 0.1) is 27.4 Å². The molecule has 0 unspecified atom stereocenters. The van der Waals surface area contributed by atoms with Gasteiger partial charge in [-0.15, -0.1) is 11.8 Å². The van der Waals surface area contributed by atoms with Crippen molar-refractivity contribution in [1.82, 2.24) is 10.4 Å². The van der Waals surface area contributed by atoms with Crippen LogP contribution in [-0.4, -0.2) is 26.9 Å². The van der Waals surface area contributed by atoms with Crippen LogP contribution in [-0.2, 0) is 16.0 Å². The molecule has 1 heterocycles. The second-order valence-electron chi connectivity index (χ2n) is 9.66. The summed E-state index contributed by atoms with van der Waals surface area (Å²) >= 11 is 14.4. The number of benzene rings is 3. The van der Waals surface area contributed by atoms with Gasteiger partial charge in [-0.2, -0.15) is 0 Å². The molecule has 37 heavy (non-hydrogen) atoms. The van der Waals surface area contributed by atoms with Crippen molar-refractivity contribution in [3.63, 3.8) is 0 Å². The van der Waals surface area contributed by atoms with E-state index in [-0.39, 0.29) is 23.5 Å². The first-order valence-corrected chi connectivity index (χ1v) is 14.1. The first kappa shape index (κ1) is 26.0. The Kier molecular flexibility index (Phi) is 7.70. The third-order valence-electron chi connectivity index (χ3n) is 7.24. The molecule has 2 N–H and O–H groups in total. The van der Waals surface area contributed by atoms with E-state index in [9.17, 15) is 9.59 Å². The largest absolute Gasteiger partial charge is 0.353 e. The Bertz CT molecular complexity index is 1280. The van der Waals surface area contributed by atoms with Gasteiger partial charge in [0.15, 0.2) is 0 Å². The van der Waals surface area contributed by atoms with E-state index in [2.05, 4.69) is 35.0 Å². The molecule has 3 aromatic carbocycles. The van der Waals surface area contributed by atoms with Crippen molar-refractivity contribution < 1.29 is 9.59 Å². The van der Waals surface area contributed by atoms with Gasteiger partial charge in [0.2, 0.25) is 5.91 Å². The number of para-hydroxylation sites is 2. The van der Waals surface area contributed by atoms with E-state index >= 15 is 0 Å². The predicted octanol–water partition coefficient (Wildman–Crippen LogP) is 7.33. The Hall–Kier alpha value is -2.67. The summed E-state index contributed by atoms with van der Waals surface area (Å²) in [6, 6.07) is 23.4. The van der Waals surface area contributed by atoms with Gasteiger partial charge in [-0.05, 0) is 67.9 Å². The maximum absolute atomic E-state index is 13.3. The zero-order valence-corrected chi connectivity index (χ0v) is 22.9. The van der Waals surface area contributed by atoms with E-state index in [0.717, 1.165) is 36.9 Å². The standard InChI is InChI=1S/C29H29Cl2N3O2S/c1-19-28(36)34(29(37-19)16-14-21(15-17-29)20-8-3-2-4-9-20)33-26(35)18-22-10-5-6-13-25(22)32-27-23(30)11-7-12-24(27)31/h2-13,19,21,32H,14-18H2,1H3,(H,33,35)/t19-,21?,29?/m0/s1. The summed E-state index contributed by atoms with van der Waals surface area (Å²) in [7, 11) is 0. The van der Waals surface area contributed by atoms with Crippen molar-refractivity contribution in [3.8, 4) is 0 Å². The van der Waals surface area contributed by atoms with E-state index < -0.39 is 4.87 Å². The van der Waals surface area contributed by atoms with Crippen LogP contribution in [0.2, 0.25) is 10.0 Å². The third-order valence-corrected chi connectivity index (χ3v) is 9.45. The average Bonchev–Trinajstić information content (AvgIpc) is 3.12. The number of thioether (sulfide) groups is 1. The number of halogens is 2. The number of nitrogens with one attached hydrogen (secondary N) is 2. The van der Waals surface area contributed by atoms with E-state index in [1.165, 1.54) is 5.56 Å². The zero-order valence-electron chi connectivity index (χ0n) is 20.5. The fraction of sp³-hybridized carbons (Fsp3) is 0.310. The predicted molar refractivity (Wildman–Crippen MR) is 152 cm³/mol. The molecule has 3 aromatic rings. The van der Waals surface area contributed by atoms with Crippen LogP contribution < -0.4 is 10.7 Å². The maximum atomic E-state index is 13.3. The van der Waals surface area contributed by atoms with Gasteiger partial charge >= 0.3 is 0 Å². The van der Waals surface area contributed by atoms with Crippen molar-refractivity contribution in [1.29, 1.82) is 0 Å². The zero-order chi connectivity index (χ0) is 26.0. The minimum Gasteiger partial charge on any atom is -0.353 e. The summed E-state index contributed by atoms with van der Waals surface area (Å²) in [6.07, 6.45) is 3.76. The second-order valence-corrected chi connectivity index (χ2v) is 12.2. The number of hydrogen-bond donors (Lipinski definition) is 2. The van der Waals surface area contributed by atoms with Gasteiger partial charge in [0, 0.05) is 5.69 Å². The van der Waals surface area contributed by atoms with E-state index in [1.54, 1.807) is 35.0 Å². The molecule has 2 amide bonds. The van der Waals surface area contributed by atoms with Gasteiger partial charge in [-0.3, -0.25) is 15.0 Å². The van der Waals surface area contributed by atoms with Gasteiger partial charge < -0.3 is 5.32 Å². The summed E-state index contributed by atoms with van der Waals surface area (Å²) in [5, 5.41) is 5.70. The fourth-order valence-corrected chi connectivity index (χ4v) is 7.39. The van der Waals surface area contributed by atoms with E-state index in [1.807, 2.05) is 37.3 Å². The number of anilines is 2. The molecular weight excluding hydrogens is 525 g/mol. The topological polar surface area (TPSA) is 61.4 Å². The van der Waals surface area contributed by atoms with Gasteiger partial charge in [-0.1, -0.05) is 77.8 Å². The Morgan fingerprint density at radius 1 is 0.973 bits per heavy atom. The molecule has 8 heteroatoms. The van der Waals surface area contributed by atoms with Crippen LogP contribution in [0.3, 0.4) is 0 Å². The molecule has 1 saturated carbocycles. The molecule has 2 aliphatic rings. The molecule has 1 spiro atoms. The molecule has 1 aliphatic carbocycles. The highest BCUT2D eigenvalue weighted by Crippen LogP contribution is 2.52. The molecule has 5 nitrogen and oxygen atoms in total. The quantitative estimate of drug-likeness (QED) is 0.335. The lowest BCUT2D eigenvalue weighted by Crippen LogP contribution is -2.56. The minimum atomic E-state index is -0.402. The molecule has 1 saturated heterocycles. The Labute approximate surface area is 231 Å². The van der Waals surface area contributed by atoms with E-state index in [4.69, 9.17) is 23.2 Å². The maximum Gasteiger partial charge on any atom is 0.255 e. The highest BCUT2D eigenvalue weighted by molar-refractivity contribution is 8.02. The van der Waals surface area contributed by atoms with Crippen LogP contribution in [0.1, 0.15) is 49.7 Å². The lowest BCUT2D eigenvalue weighted by Gasteiger charge is -2.42. The van der Waals surface area contributed by atoms with Crippen LogP contribution in [0.5, 0.6) is 0 Å². The summed E-state index contributed by atoms with van der Waals surface area (Å²) in [6.45, 7) is 1.93. The van der Waals surface area contributed by atoms with Crippen LogP contribution in [0.25, 0.3) is 0 Å². The van der Waals surface area contributed by atoms with Crippen molar-refractivity contribution in [2.45, 2.75) is 55.1 Å². The number of amides is 2. The summed E-state index contributed by atoms with van der Waals surface area (Å²) in [5.41, 5.74) is 6.44. The SMILES string of the molecule is C[C@@H]1SC2(CCC(c3ccccc3)CC2)N(NC(=O)Cc2ccccc2Nc2c(Cl)cccc2Cl)C1=O. The molecule has 1 atom stereocenters. The second kappa shape index (κ2) is 11.0. The monoisotopic (exact) mass is 553 g/mol. The van der Waals surface area contributed by atoms with E-state index in [0.29, 0.717) is 21.7 Å². The van der Waals surface area contributed by atoms with Gasteiger partial charge in [0.1, 0.15) is 4.87 Å². The lowest BCUT2D eigenvalue weighted by molar-refractivity contribution is -0.144. The van der Waals surface area contributed by atoms with Crippen LogP contribution in [0.15, 0.2) is 72.8 Å². The Balaban J connectivity index is 1.29. The summed E-state index contributed by atoms with van der Waals surface area (Å²) in [5.74, 6) is 0.212. The van der Waals surface area contributed by atoms with Crippen molar-refractivity contribution >= 4 is 58.2 Å². The van der Waals surface area contributed by atoms with Crippen LogP contribution in [0, 0.1) is 0 Å². The number of hydrogen-bond acceptors (Lipinski definition) is 4. The first-order valence-electron chi connectivity index (χ1n) is 12.5. The Morgan fingerprint density at radius 3 is 2.32 bits per heavy atom. The van der Waals surface area contributed by atoms with Crippen LogP contribution >= 0.6 is 35.0 Å². The first-order chi connectivity index (χ1) is 17.9. The number of carbonyl (C=O) groups is 2. The lowest BCUT2D eigenvalue weighted by atomic mass is 9.81. The summed E-state index contributed by atoms with van der Waals surface area (Å²) in [4.78, 5) is 26.0. The number of rotatable bonds is 6. The molecule has 0 aromatic heterocycles. The smallest absolute Gasteiger partial charge is 0.255 e. The van der Waals surface area contributed by atoms with Crippen molar-refractivity contribution in [2.75, 3.05) is 5.32 Å². The van der Waals surface area contributed by atoms with Gasteiger partial charge in [-0.25, -0.2) is 5.01 Å². The van der Waals surface area contributed by atoms with Crippen LogP contribution in [0.4, 0.5) is 11.4 Å². The molecule has 192 valence electrons. The molecule has 2 fully saturated rings. The fourth-order valence-electron chi connectivity index (χ4n) is 5.33. The minimum absolute atomic E-state index is 0.0363. The normalized spacial score (nSPS) is 23.3. The highest BCUT2D eigenvalue weighted by atomic mass is 35.5. The molecular formula is C29H29Cl2N3O2S. The Morgan fingerprint density at radius 2 is 1.62 bits per heavy atom. The summed E-state index contributed by atoms with van der Waals surface area (Å²) < 4.78 is 0. The highest BCUT2D eigenvalue weighted by Gasteiger charge is 2.52.